The number of carbonyl (C=O) groups is 2. The SMILES string of the molecule is CCOC(=O)C(C#N)(C(=O)OCC)c1nc2scc(-c3cccs3)c2c(=O)[nH]1. The molecule has 28 heavy (non-hydrogen) atoms. The Labute approximate surface area is 167 Å². The average Bonchev–Trinajstić information content (AvgIpc) is 3.32. The van der Waals surface area contributed by atoms with E-state index in [-0.39, 0.29) is 13.2 Å². The summed E-state index contributed by atoms with van der Waals surface area (Å²) in [5.74, 6) is -2.70. The number of nitrogens with zero attached hydrogens (tertiary/aromatic N) is 2. The standard InChI is InChI=1S/C18H15N3O5S2/c1-3-25-16(23)18(9-19,17(24)26-4-2)15-20-13(22)12-10(8-28-14(12)21-15)11-6-5-7-27-11/h5-8H,3-4H2,1-2H3,(H,20,21,22). The number of fused-ring (bicyclic) bond motifs is 1. The lowest BCUT2D eigenvalue weighted by Gasteiger charge is -2.21. The first-order chi connectivity index (χ1) is 13.5. The first kappa shape index (κ1) is 19.7. The molecule has 0 aliphatic carbocycles. The van der Waals surface area contributed by atoms with E-state index in [1.54, 1.807) is 11.4 Å². The fourth-order valence-electron chi connectivity index (χ4n) is 2.64. The topological polar surface area (TPSA) is 122 Å². The van der Waals surface area contributed by atoms with Crippen LogP contribution in [0.5, 0.6) is 0 Å². The molecule has 0 fully saturated rings. The Hall–Kier alpha value is -3.03. The highest BCUT2D eigenvalue weighted by Gasteiger charge is 2.54. The molecule has 0 spiro atoms. The summed E-state index contributed by atoms with van der Waals surface area (Å²) in [4.78, 5) is 45.8. The van der Waals surface area contributed by atoms with E-state index in [1.807, 2.05) is 17.5 Å². The van der Waals surface area contributed by atoms with E-state index in [0.717, 1.165) is 4.88 Å². The summed E-state index contributed by atoms with van der Waals surface area (Å²) in [5.41, 5.74) is -2.37. The molecule has 0 bridgehead atoms. The van der Waals surface area contributed by atoms with Gasteiger partial charge in [-0.15, -0.1) is 22.7 Å². The van der Waals surface area contributed by atoms with Crippen molar-refractivity contribution >= 4 is 44.8 Å². The van der Waals surface area contributed by atoms with E-state index in [4.69, 9.17) is 9.47 Å². The number of H-pyrrole nitrogens is 1. The van der Waals surface area contributed by atoms with Crippen LogP contribution >= 0.6 is 22.7 Å². The molecule has 0 unspecified atom stereocenters. The lowest BCUT2D eigenvalue weighted by Crippen LogP contribution is -2.47. The second kappa shape index (κ2) is 7.92. The predicted molar refractivity (Wildman–Crippen MR) is 104 cm³/mol. The van der Waals surface area contributed by atoms with Crippen LogP contribution < -0.4 is 5.56 Å². The summed E-state index contributed by atoms with van der Waals surface area (Å²) in [6.07, 6.45) is 0. The molecule has 0 amide bonds. The largest absolute Gasteiger partial charge is 0.464 e. The number of ether oxygens (including phenoxy) is 2. The van der Waals surface area contributed by atoms with Gasteiger partial charge in [-0.3, -0.25) is 4.79 Å². The maximum absolute atomic E-state index is 12.8. The van der Waals surface area contributed by atoms with Crippen molar-refractivity contribution in [1.29, 1.82) is 5.26 Å². The van der Waals surface area contributed by atoms with E-state index in [2.05, 4.69) is 9.97 Å². The molecule has 0 aromatic carbocycles. The summed E-state index contributed by atoms with van der Waals surface area (Å²) >= 11 is 2.65. The maximum Gasteiger partial charge on any atom is 0.346 e. The third-order valence-corrected chi connectivity index (χ3v) is 5.69. The van der Waals surface area contributed by atoms with Crippen LogP contribution in [0.1, 0.15) is 19.7 Å². The van der Waals surface area contributed by atoms with Crippen LogP contribution in [0.15, 0.2) is 27.7 Å². The third kappa shape index (κ3) is 3.08. The predicted octanol–water partition coefficient (Wildman–Crippen LogP) is 2.60. The Morgan fingerprint density at radius 3 is 2.46 bits per heavy atom. The Kier molecular flexibility index (Phi) is 5.58. The number of aromatic nitrogens is 2. The molecule has 144 valence electrons. The van der Waals surface area contributed by atoms with Gasteiger partial charge in [-0.2, -0.15) is 5.26 Å². The fraction of sp³-hybridized carbons (Fsp3) is 0.278. The molecule has 0 aliphatic heterocycles. The molecule has 3 rings (SSSR count). The van der Waals surface area contributed by atoms with E-state index >= 15 is 0 Å². The van der Waals surface area contributed by atoms with Gasteiger partial charge in [-0.1, -0.05) is 6.07 Å². The molecule has 3 aromatic heterocycles. The molecule has 0 saturated heterocycles. The van der Waals surface area contributed by atoms with E-state index < -0.39 is 28.7 Å². The minimum atomic E-state index is -2.51. The minimum absolute atomic E-state index is 0.0598. The molecule has 0 radical (unpaired) electrons. The van der Waals surface area contributed by atoms with Crippen molar-refractivity contribution in [3.8, 4) is 16.5 Å². The molecule has 0 saturated carbocycles. The molecule has 0 atom stereocenters. The second-order valence-corrected chi connectivity index (χ2v) is 7.33. The normalized spacial score (nSPS) is 11.2. The van der Waals surface area contributed by atoms with Gasteiger partial charge in [-0.05, 0) is 25.3 Å². The van der Waals surface area contributed by atoms with Crippen molar-refractivity contribution in [3.05, 3.63) is 39.1 Å². The smallest absolute Gasteiger partial charge is 0.346 e. The summed E-state index contributed by atoms with van der Waals surface area (Å²) in [6, 6.07) is 5.39. The maximum atomic E-state index is 12.8. The summed E-state index contributed by atoms with van der Waals surface area (Å²) in [7, 11) is 0. The van der Waals surface area contributed by atoms with Crippen LogP contribution in [0.3, 0.4) is 0 Å². The van der Waals surface area contributed by atoms with Crippen LogP contribution in [-0.4, -0.2) is 35.1 Å². The Balaban J connectivity index is 2.24. The molecule has 1 N–H and O–H groups in total. The van der Waals surface area contributed by atoms with Crippen molar-refractivity contribution in [2.75, 3.05) is 13.2 Å². The lowest BCUT2D eigenvalue weighted by atomic mass is 9.88. The zero-order chi connectivity index (χ0) is 20.3. The second-order valence-electron chi connectivity index (χ2n) is 5.52. The van der Waals surface area contributed by atoms with Crippen LogP contribution in [0.4, 0.5) is 0 Å². The summed E-state index contributed by atoms with van der Waals surface area (Å²) in [5, 5.41) is 13.7. The van der Waals surface area contributed by atoms with Gasteiger partial charge >= 0.3 is 17.4 Å². The monoisotopic (exact) mass is 417 g/mol. The number of esters is 2. The number of carbonyl (C=O) groups excluding carboxylic acids is 2. The van der Waals surface area contributed by atoms with Crippen LogP contribution in [0.2, 0.25) is 0 Å². The zero-order valence-corrected chi connectivity index (χ0v) is 16.6. The highest BCUT2D eigenvalue weighted by molar-refractivity contribution is 7.18. The highest BCUT2D eigenvalue weighted by atomic mass is 32.1. The summed E-state index contributed by atoms with van der Waals surface area (Å²) in [6.45, 7) is 2.96. The zero-order valence-electron chi connectivity index (χ0n) is 15.0. The van der Waals surface area contributed by atoms with Crippen LogP contribution in [0, 0.1) is 11.3 Å². The van der Waals surface area contributed by atoms with E-state index in [1.165, 1.54) is 36.5 Å². The summed E-state index contributed by atoms with van der Waals surface area (Å²) < 4.78 is 9.83. The van der Waals surface area contributed by atoms with Crippen LogP contribution in [-0.2, 0) is 24.5 Å². The number of thiophene rings is 2. The number of hydrogen-bond acceptors (Lipinski definition) is 9. The molecular weight excluding hydrogens is 402 g/mol. The van der Waals surface area contributed by atoms with Gasteiger partial charge in [0.15, 0.2) is 5.82 Å². The van der Waals surface area contributed by atoms with Gasteiger partial charge in [0.05, 0.1) is 18.6 Å². The molecule has 3 heterocycles. The van der Waals surface area contributed by atoms with Crippen molar-refractivity contribution in [2.24, 2.45) is 0 Å². The van der Waals surface area contributed by atoms with Gasteiger partial charge in [0.25, 0.3) is 5.56 Å². The van der Waals surface area contributed by atoms with Crippen molar-refractivity contribution < 1.29 is 19.1 Å². The number of nitriles is 1. The van der Waals surface area contributed by atoms with Gasteiger partial charge in [0, 0.05) is 15.8 Å². The molecule has 3 aromatic rings. The van der Waals surface area contributed by atoms with Crippen LogP contribution in [0.25, 0.3) is 20.7 Å². The number of nitrogens with one attached hydrogen (secondary N) is 1. The molecule has 0 aliphatic rings. The lowest BCUT2D eigenvalue weighted by molar-refractivity contribution is -0.161. The third-order valence-electron chi connectivity index (χ3n) is 3.92. The number of hydrogen-bond donors (Lipinski definition) is 1. The first-order valence-corrected chi connectivity index (χ1v) is 10.1. The highest BCUT2D eigenvalue weighted by Crippen LogP contribution is 2.34. The Morgan fingerprint density at radius 1 is 1.25 bits per heavy atom. The van der Waals surface area contributed by atoms with Crippen molar-refractivity contribution in [2.45, 2.75) is 19.3 Å². The quantitative estimate of drug-likeness (QED) is 0.483. The molecular formula is C18H15N3O5S2. The Morgan fingerprint density at radius 2 is 1.93 bits per heavy atom. The minimum Gasteiger partial charge on any atom is -0.464 e. The van der Waals surface area contributed by atoms with Gasteiger partial charge in [-0.25, -0.2) is 14.6 Å². The van der Waals surface area contributed by atoms with Gasteiger partial charge in [0.2, 0.25) is 0 Å². The van der Waals surface area contributed by atoms with Crippen molar-refractivity contribution in [3.63, 3.8) is 0 Å². The van der Waals surface area contributed by atoms with Gasteiger partial charge in [0.1, 0.15) is 10.9 Å². The molecule has 10 heteroatoms. The fourth-order valence-corrected chi connectivity index (χ4v) is 4.40. The number of aromatic amines is 1. The Bertz CT molecular complexity index is 1110. The van der Waals surface area contributed by atoms with E-state index in [0.29, 0.717) is 15.8 Å². The van der Waals surface area contributed by atoms with Crippen molar-refractivity contribution in [1.82, 2.24) is 9.97 Å². The number of rotatable bonds is 6. The first-order valence-electron chi connectivity index (χ1n) is 8.31. The molecule has 8 nitrogen and oxygen atoms in total. The van der Waals surface area contributed by atoms with E-state index in [9.17, 15) is 19.6 Å². The average molecular weight is 417 g/mol. The van der Waals surface area contributed by atoms with Gasteiger partial charge < -0.3 is 14.5 Å².